The van der Waals surface area contributed by atoms with Crippen LogP contribution in [-0.2, 0) is 0 Å². The first kappa shape index (κ1) is 12.1. The maximum absolute atomic E-state index is 6.28. The van der Waals surface area contributed by atoms with Crippen molar-refractivity contribution in [3.8, 4) is 0 Å². The molecule has 18 heavy (non-hydrogen) atoms. The Morgan fingerprint density at radius 1 is 1.33 bits per heavy atom. The molecule has 3 nitrogen and oxygen atoms in total. The molecule has 0 aromatic carbocycles. The van der Waals surface area contributed by atoms with Crippen LogP contribution in [0.5, 0.6) is 0 Å². The number of rotatable bonds is 2. The average molecular weight is 245 g/mol. The summed E-state index contributed by atoms with van der Waals surface area (Å²) in [6.45, 7) is 4.63. The molecule has 3 rings (SSSR count). The fourth-order valence-electron chi connectivity index (χ4n) is 3.68. The van der Waals surface area contributed by atoms with E-state index < -0.39 is 0 Å². The van der Waals surface area contributed by atoms with Crippen LogP contribution in [0.25, 0.3) is 0 Å². The van der Waals surface area contributed by atoms with Crippen molar-refractivity contribution in [3.63, 3.8) is 0 Å². The van der Waals surface area contributed by atoms with Gasteiger partial charge in [-0.15, -0.1) is 0 Å². The van der Waals surface area contributed by atoms with Crippen LogP contribution in [0, 0.1) is 11.8 Å². The number of nitrogens with two attached hydrogens (primary N) is 1. The molecular weight excluding hydrogens is 222 g/mol. The van der Waals surface area contributed by atoms with Gasteiger partial charge in [0.2, 0.25) is 0 Å². The van der Waals surface area contributed by atoms with Crippen molar-refractivity contribution in [1.82, 2.24) is 9.88 Å². The van der Waals surface area contributed by atoms with Crippen molar-refractivity contribution in [2.45, 2.75) is 38.3 Å². The van der Waals surface area contributed by atoms with Gasteiger partial charge in [-0.1, -0.05) is 12.5 Å². The Hall–Kier alpha value is -0.930. The van der Waals surface area contributed by atoms with Crippen molar-refractivity contribution < 1.29 is 0 Å². The van der Waals surface area contributed by atoms with Gasteiger partial charge in [0, 0.05) is 31.4 Å². The van der Waals surface area contributed by atoms with E-state index >= 15 is 0 Å². The molecule has 0 spiro atoms. The van der Waals surface area contributed by atoms with E-state index in [1.165, 1.54) is 31.5 Å². The van der Waals surface area contributed by atoms with Gasteiger partial charge in [0.15, 0.2) is 0 Å². The molecule has 1 aliphatic carbocycles. The molecule has 0 bridgehead atoms. The topological polar surface area (TPSA) is 42.2 Å². The summed E-state index contributed by atoms with van der Waals surface area (Å²) in [6, 6.07) is 7.03. The van der Waals surface area contributed by atoms with Gasteiger partial charge in [-0.2, -0.15) is 0 Å². The van der Waals surface area contributed by atoms with Crippen LogP contribution in [0.15, 0.2) is 24.4 Å². The number of hydrogen-bond acceptors (Lipinski definition) is 3. The molecule has 4 unspecified atom stereocenters. The van der Waals surface area contributed by atoms with Crippen LogP contribution < -0.4 is 5.73 Å². The van der Waals surface area contributed by atoms with Crippen LogP contribution in [0.4, 0.5) is 0 Å². The molecule has 2 N–H and O–H groups in total. The lowest BCUT2D eigenvalue weighted by molar-refractivity contribution is 0.241. The smallest absolute Gasteiger partial charge is 0.0572 e. The second-order valence-electron chi connectivity index (χ2n) is 5.90. The van der Waals surface area contributed by atoms with Crippen molar-refractivity contribution in [3.05, 3.63) is 30.1 Å². The lowest BCUT2D eigenvalue weighted by atomic mass is 9.78. The maximum atomic E-state index is 6.28. The van der Waals surface area contributed by atoms with Gasteiger partial charge in [0.1, 0.15) is 0 Å². The summed E-state index contributed by atoms with van der Waals surface area (Å²) >= 11 is 0. The molecule has 98 valence electrons. The lowest BCUT2D eigenvalue weighted by Gasteiger charge is -2.30. The zero-order valence-corrected chi connectivity index (χ0v) is 11.1. The lowest BCUT2D eigenvalue weighted by Crippen LogP contribution is -2.38. The number of fused-ring (bicyclic) bond motifs is 1. The monoisotopic (exact) mass is 245 g/mol. The van der Waals surface area contributed by atoms with Gasteiger partial charge in [-0.25, -0.2) is 0 Å². The van der Waals surface area contributed by atoms with Gasteiger partial charge in [-0.05, 0) is 43.7 Å². The van der Waals surface area contributed by atoms with Gasteiger partial charge >= 0.3 is 0 Å². The van der Waals surface area contributed by atoms with E-state index in [1.807, 2.05) is 12.3 Å². The zero-order chi connectivity index (χ0) is 12.5. The second kappa shape index (κ2) is 4.98. The van der Waals surface area contributed by atoms with Crippen molar-refractivity contribution >= 4 is 0 Å². The number of pyridine rings is 1. The molecule has 3 heteroatoms. The fraction of sp³-hybridized carbons (Fsp3) is 0.667. The van der Waals surface area contributed by atoms with Gasteiger partial charge < -0.3 is 5.73 Å². The molecule has 1 aromatic heterocycles. The first-order valence-corrected chi connectivity index (χ1v) is 7.16. The van der Waals surface area contributed by atoms with E-state index in [-0.39, 0.29) is 0 Å². The van der Waals surface area contributed by atoms with Crippen LogP contribution in [0.2, 0.25) is 0 Å². The quantitative estimate of drug-likeness (QED) is 0.868. The Bertz CT molecular complexity index is 392. The van der Waals surface area contributed by atoms with E-state index in [2.05, 4.69) is 28.9 Å². The zero-order valence-electron chi connectivity index (χ0n) is 11.1. The fourth-order valence-corrected chi connectivity index (χ4v) is 3.68. The normalized spacial score (nSPS) is 34.2. The molecule has 1 saturated carbocycles. The van der Waals surface area contributed by atoms with Crippen molar-refractivity contribution in [2.75, 3.05) is 13.1 Å². The number of hydrogen-bond donors (Lipinski definition) is 1. The first-order valence-electron chi connectivity index (χ1n) is 7.16. The summed E-state index contributed by atoms with van der Waals surface area (Å²) in [4.78, 5) is 7.06. The molecular formula is C15H23N3. The Balaban J connectivity index is 1.71. The third-order valence-electron chi connectivity index (χ3n) is 4.85. The molecule has 0 radical (unpaired) electrons. The van der Waals surface area contributed by atoms with Crippen LogP contribution in [0.3, 0.4) is 0 Å². The summed E-state index contributed by atoms with van der Waals surface area (Å²) in [5.41, 5.74) is 7.46. The average Bonchev–Trinajstić information content (AvgIpc) is 2.84. The molecule has 1 aliphatic heterocycles. The minimum absolute atomic E-state index is 0.420. The van der Waals surface area contributed by atoms with E-state index in [9.17, 15) is 0 Å². The Kier molecular flexibility index (Phi) is 3.35. The predicted octanol–water partition coefficient (Wildman–Crippen LogP) is 2.20. The largest absolute Gasteiger partial charge is 0.327 e. The Morgan fingerprint density at radius 3 is 2.94 bits per heavy atom. The number of nitrogens with zero attached hydrogens (tertiary/aromatic N) is 2. The summed E-state index contributed by atoms with van der Waals surface area (Å²) in [5, 5.41) is 0. The summed E-state index contributed by atoms with van der Waals surface area (Å²) in [5.74, 6) is 1.53. The highest BCUT2D eigenvalue weighted by Gasteiger charge is 2.40. The second-order valence-corrected chi connectivity index (χ2v) is 5.90. The van der Waals surface area contributed by atoms with E-state index in [0.717, 1.165) is 12.5 Å². The molecule has 1 saturated heterocycles. The van der Waals surface area contributed by atoms with Crippen LogP contribution in [-0.4, -0.2) is 29.0 Å². The third-order valence-corrected chi connectivity index (χ3v) is 4.85. The minimum atomic E-state index is 0.420. The minimum Gasteiger partial charge on any atom is -0.327 e. The van der Waals surface area contributed by atoms with Gasteiger partial charge in [0.05, 0.1) is 5.69 Å². The molecule has 2 fully saturated rings. The molecule has 0 amide bonds. The van der Waals surface area contributed by atoms with E-state index in [4.69, 9.17) is 5.73 Å². The standard InChI is InChI=1S/C15H23N3/c1-11(15-7-2-3-8-17-15)18-9-12-5-4-6-14(16)13(12)10-18/h2-3,7-8,11-14H,4-6,9-10,16H2,1H3. The molecule has 4 atom stereocenters. The van der Waals surface area contributed by atoms with Crippen molar-refractivity contribution in [1.29, 1.82) is 0 Å². The van der Waals surface area contributed by atoms with E-state index in [1.54, 1.807) is 0 Å². The van der Waals surface area contributed by atoms with E-state index in [0.29, 0.717) is 18.0 Å². The predicted molar refractivity (Wildman–Crippen MR) is 73.0 cm³/mol. The first-order chi connectivity index (χ1) is 8.75. The highest BCUT2D eigenvalue weighted by Crippen LogP contribution is 2.38. The maximum Gasteiger partial charge on any atom is 0.0572 e. The van der Waals surface area contributed by atoms with Gasteiger partial charge in [0.25, 0.3) is 0 Å². The molecule has 2 heterocycles. The SMILES string of the molecule is CC(c1ccccn1)N1CC2CCCC(N)C2C1. The van der Waals surface area contributed by atoms with Crippen LogP contribution >= 0.6 is 0 Å². The van der Waals surface area contributed by atoms with Gasteiger partial charge in [-0.3, -0.25) is 9.88 Å². The van der Waals surface area contributed by atoms with Crippen molar-refractivity contribution in [2.24, 2.45) is 17.6 Å². The highest BCUT2D eigenvalue weighted by atomic mass is 15.2. The van der Waals surface area contributed by atoms with Crippen LogP contribution in [0.1, 0.15) is 37.9 Å². The Labute approximate surface area is 109 Å². The third kappa shape index (κ3) is 2.17. The highest BCUT2D eigenvalue weighted by molar-refractivity contribution is 5.09. The summed E-state index contributed by atoms with van der Waals surface area (Å²) < 4.78 is 0. The molecule has 2 aliphatic rings. The number of likely N-dealkylation sites (tertiary alicyclic amines) is 1. The Morgan fingerprint density at radius 2 is 2.22 bits per heavy atom. The number of aromatic nitrogens is 1. The summed E-state index contributed by atoms with van der Waals surface area (Å²) in [6.07, 6.45) is 5.78. The molecule has 1 aromatic rings. The summed E-state index contributed by atoms with van der Waals surface area (Å²) in [7, 11) is 0.